The van der Waals surface area contributed by atoms with Gasteiger partial charge in [0.15, 0.2) is 0 Å². The number of rotatable bonds is 1. The summed E-state index contributed by atoms with van der Waals surface area (Å²) in [5.74, 6) is 0. The van der Waals surface area contributed by atoms with E-state index in [1.165, 1.54) is 0 Å². The molecule has 72 valence electrons. The molecule has 0 unspecified atom stereocenters. The Labute approximate surface area is 77.6 Å². The van der Waals surface area contributed by atoms with E-state index in [4.69, 9.17) is 0 Å². The fourth-order valence-corrected chi connectivity index (χ4v) is 1.88. The van der Waals surface area contributed by atoms with Crippen LogP contribution >= 0.6 is 0 Å². The van der Waals surface area contributed by atoms with Gasteiger partial charge in [-0.25, -0.2) is 0 Å². The number of β-amino-alcohol motifs (C(OH)–C–C–N with tert-alkyl or cyclic N) is 1. The lowest BCUT2D eigenvalue weighted by Gasteiger charge is -2.15. The molecule has 1 aromatic heterocycles. The first-order valence-electron chi connectivity index (χ1n) is 4.60. The highest BCUT2D eigenvalue weighted by Crippen LogP contribution is 2.17. The predicted octanol–water partition coefficient (Wildman–Crippen LogP) is 0.00514. The number of nitrogens with one attached hydrogen (secondary N) is 1. The van der Waals surface area contributed by atoms with Gasteiger partial charge in [0, 0.05) is 18.8 Å². The summed E-state index contributed by atoms with van der Waals surface area (Å²) in [4.78, 5) is 0. The average Bonchev–Trinajstić information content (AvgIpc) is 2.58. The van der Waals surface area contributed by atoms with Gasteiger partial charge >= 0.3 is 0 Å². The third-order valence-electron chi connectivity index (χ3n) is 2.51. The van der Waals surface area contributed by atoms with Gasteiger partial charge in [0.05, 0.1) is 17.8 Å². The fourth-order valence-electron chi connectivity index (χ4n) is 1.88. The lowest BCUT2D eigenvalue weighted by atomic mass is 10.2. The van der Waals surface area contributed by atoms with E-state index in [0.717, 1.165) is 17.9 Å². The lowest BCUT2D eigenvalue weighted by Crippen LogP contribution is -2.23. The van der Waals surface area contributed by atoms with E-state index in [9.17, 15) is 5.11 Å². The minimum Gasteiger partial charge on any atom is -0.390 e. The molecule has 2 N–H and O–H groups in total. The molecule has 0 spiro atoms. The van der Waals surface area contributed by atoms with Gasteiger partial charge in [0.25, 0.3) is 0 Å². The number of hydrogen-bond acceptors (Lipinski definition) is 3. The fraction of sp³-hybridized carbons (Fsp3) is 0.667. The summed E-state index contributed by atoms with van der Waals surface area (Å²) >= 11 is 0. The highest BCUT2D eigenvalue weighted by atomic mass is 16.3. The summed E-state index contributed by atoms with van der Waals surface area (Å²) < 4.78 is 1.92. The first-order valence-corrected chi connectivity index (χ1v) is 4.60. The van der Waals surface area contributed by atoms with Crippen LogP contribution in [0.25, 0.3) is 0 Å². The van der Waals surface area contributed by atoms with Gasteiger partial charge in [-0.05, 0) is 19.9 Å². The zero-order valence-corrected chi connectivity index (χ0v) is 7.99. The van der Waals surface area contributed by atoms with Crippen LogP contribution in [0.1, 0.15) is 17.4 Å². The first kappa shape index (κ1) is 8.72. The van der Waals surface area contributed by atoms with Gasteiger partial charge in [-0.15, -0.1) is 0 Å². The van der Waals surface area contributed by atoms with E-state index >= 15 is 0 Å². The molecule has 2 rings (SSSR count). The van der Waals surface area contributed by atoms with Crippen LogP contribution in [0.15, 0.2) is 6.07 Å². The van der Waals surface area contributed by atoms with Gasteiger partial charge in [0.1, 0.15) is 0 Å². The second-order valence-corrected chi connectivity index (χ2v) is 3.66. The van der Waals surface area contributed by atoms with E-state index in [2.05, 4.69) is 10.4 Å². The van der Waals surface area contributed by atoms with Gasteiger partial charge in [-0.2, -0.15) is 5.10 Å². The van der Waals surface area contributed by atoms with Crippen molar-refractivity contribution < 1.29 is 5.11 Å². The van der Waals surface area contributed by atoms with E-state index in [1.807, 2.05) is 24.6 Å². The van der Waals surface area contributed by atoms with Gasteiger partial charge in [0.2, 0.25) is 0 Å². The average molecular weight is 181 g/mol. The Morgan fingerprint density at radius 1 is 1.54 bits per heavy atom. The van der Waals surface area contributed by atoms with Crippen LogP contribution < -0.4 is 5.32 Å². The molecule has 4 nitrogen and oxygen atoms in total. The van der Waals surface area contributed by atoms with Crippen LogP contribution in [0, 0.1) is 13.8 Å². The van der Waals surface area contributed by atoms with Crippen LogP contribution in [0.3, 0.4) is 0 Å². The molecule has 0 aromatic carbocycles. The molecule has 4 heteroatoms. The topological polar surface area (TPSA) is 50.1 Å². The number of nitrogens with zero attached hydrogens (tertiary/aromatic N) is 2. The van der Waals surface area contributed by atoms with Crippen molar-refractivity contribution in [2.75, 3.05) is 13.1 Å². The molecule has 0 radical (unpaired) electrons. The van der Waals surface area contributed by atoms with E-state index in [0.29, 0.717) is 6.54 Å². The monoisotopic (exact) mass is 181 g/mol. The number of aliphatic hydroxyl groups excluding tert-OH is 1. The molecule has 0 aliphatic carbocycles. The molecule has 1 aliphatic heterocycles. The van der Waals surface area contributed by atoms with Crippen molar-refractivity contribution in [3.63, 3.8) is 0 Å². The summed E-state index contributed by atoms with van der Waals surface area (Å²) in [5.41, 5.74) is 2.13. The van der Waals surface area contributed by atoms with E-state index in [-0.39, 0.29) is 12.1 Å². The van der Waals surface area contributed by atoms with Crippen molar-refractivity contribution in [2.45, 2.75) is 26.0 Å². The Morgan fingerprint density at radius 3 is 2.77 bits per heavy atom. The molecule has 1 aliphatic rings. The molecule has 0 amide bonds. The second-order valence-electron chi connectivity index (χ2n) is 3.66. The Bertz CT molecular complexity index is 308. The number of aliphatic hydroxyl groups is 1. The summed E-state index contributed by atoms with van der Waals surface area (Å²) in [6.45, 7) is 5.47. The minimum atomic E-state index is -0.307. The zero-order valence-electron chi connectivity index (χ0n) is 7.99. The normalized spacial score (nSPS) is 28.2. The third kappa shape index (κ3) is 1.47. The summed E-state index contributed by atoms with van der Waals surface area (Å²) in [5, 5.41) is 17.2. The molecule has 1 fully saturated rings. The predicted molar refractivity (Wildman–Crippen MR) is 49.6 cm³/mol. The molecule has 0 bridgehead atoms. The molecule has 0 saturated carbocycles. The van der Waals surface area contributed by atoms with Crippen LogP contribution in [-0.4, -0.2) is 34.1 Å². The number of aromatic nitrogens is 2. The lowest BCUT2D eigenvalue weighted by molar-refractivity contribution is 0.143. The van der Waals surface area contributed by atoms with Crippen molar-refractivity contribution in [3.8, 4) is 0 Å². The summed E-state index contributed by atoms with van der Waals surface area (Å²) in [6.07, 6.45) is -0.307. The summed E-state index contributed by atoms with van der Waals surface area (Å²) in [6, 6.07) is 2.14. The molecule has 1 aromatic rings. The third-order valence-corrected chi connectivity index (χ3v) is 2.51. The summed E-state index contributed by atoms with van der Waals surface area (Å²) in [7, 11) is 0. The maximum Gasteiger partial charge on any atom is 0.0917 e. The van der Waals surface area contributed by atoms with E-state index < -0.39 is 0 Å². The van der Waals surface area contributed by atoms with Crippen LogP contribution in [0.4, 0.5) is 0 Å². The zero-order chi connectivity index (χ0) is 9.42. The Balaban J connectivity index is 2.28. The first-order chi connectivity index (χ1) is 6.18. The Hall–Kier alpha value is -0.870. The molecule has 1 saturated heterocycles. The highest BCUT2D eigenvalue weighted by Gasteiger charge is 2.27. The highest BCUT2D eigenvalue weighted by molar-refractivity contribution is 5.09. The largest absolute Gasteiger partial charge is 0.390 e. The van der Waals surface area contributed by atoms with Crippen molar-refractivity contribution in [2.24, 2.45) is 0 Å². The van der Waals surface area contributed by atoms with Gasteiger partial charge in [-0.3, -0.25) is 4.68 Å². The van der Waals surface area contributed by atoms with Crippen LogP contribution in [0.5, 0.6) is 0 Å². The molecular weight excluding hydrogens is 166 g/mol. The maximum absolute atomic E-state index is 9.65. The SMILES string of the molecule is Cc1cc(C)n([C@@H]2CNC[C@@H]2O)n1. The Kier molecular flexibility index (Phi) is 2.09. The molecule has 2 atom stereocenters. The van der Waals surface area contributed by atoms with Gasteiger partial charge < -0.3 is 10.4 Å². The standard InChI is InChI=1S/C9H15N3O/c1-6-3-7(2)12(11-6)8-4-10-5-9(8)13/h3,8-10,13H,4-5H2,1-2H3/t8-,9+/m1/s1. The maximum atomic E-state index is 9.65. The Morgan fingerprint density at radius 2 is 2.31 bits per heavy atom. The number of aryl methyl sites for hydroxylation is 2. The molecule has 13 heavy (non-hydrogen) atoms. The van der Waals surface area contributed by atoms with Crippen molar-refractivity contribution in [1.82, 2.24) is 15.1 Å². The van der Waals surface area contributed by atoms with Crippen LogP contribution in [0.2, 0.25) is 0 Å². The number of hydrogen-bond donors (Lipinski definition) is 2. The smallest absolute Gasteiger partial charge is 0.0917 e. The molecule has 2 heterocycles. The molecular formula is C9H15N3O. The minimum absolute atomic E-state index is 0.105. The van der Waals surface area contributed by atoms with Gasteiger partial charge in [-0.1, -0.05) is 0 Å². The van der Waals surface area contributed by atoms with Crippen molar-refractivity contribution >= 4 is 0 Å². The van der Waals surface area contributed by atoms with Crippen molar-refractivity contribution in [3.05, 3.63) is 17.5 Å². The van der Waals surface area contributed by atoms with Crippen molar-refractivity contribution in [1.29, 1.82) is 0 Å². The second kappa shape index (κ2) is 3.12. The van der Waals surface area contributed by atoms with Crippen LogP contribution in [-0.2, 0) is 0 Å². The van der Waals surface area contributed by atoms with E-state index in [1.54, 1.807) is 0 Å². The quantitative estimate of drug-likeness (QED) is 0.641.